The maximum atomic E-state index is 12.1. The topological polar surface area (TPSA) is 58.2 Å². The summed E-state index contributed by atoms with van der Waals surface area (Å²) in [5, 5.41) is 5.86. The van der Waals surface area contributed by atoms with Crippen molar-refractivity contribution in [2.45, 2.75) is 26.3 Å². The third-order valence-corrected chi connectivity index (χ3v) is 3.60. The molecule has 0 radical (unpaired) electrons. The fourth-order valence-corrected chi connectivity index (χ4v) is 2.18. The van der Waals surface area contributed by atoms with Crippen LogP contribution in [0, 0.1) is 5.92 Å². The lowest BCUT2D eigenvalue weighted by Crippen LogP contribution is -2.45. The second-order valence-electron chi connectivity index (χ2n) is 4.49. The third kappa shape index (κ3) is 2.20. The minimum atomic E-state index is -0.522. The molecule has 0 saturated carbocycles. The van der Waals surface area contributed by atoms with E-state index in [9.17, 15) is 9.59 Å². The second-order valence-corrected chi connectivity index (χ2v) is 4.90. The van der Waals surface area contributed by atoms with Crippen LogP contribution in [0.15, 0.2) is 18.2 Å². The molecule has 0 saturated heterocycles. The Hall–Kier alpha value is -1.55. The zero-order valence-electron chi connectivity index (χ0n) is 10.3. The molecule has 0 fully saturated rings. The highest BCUT2D eigenvalue weighted by Crippen LogP contribution is 2.28. The number of hydrogen-bond donors (Lipinski definition) is 2. The highest BCUT2D eigenvalue weighted by molar-refractivity contribution is 6.35. The lowest BCUT2D eigenvalue weighted by atomic mass is 9.98. The van der Waals surface area contributed by atoms with E-state index in [-0.39, 0.29) is 17.7 Å². The first-order valence-corrected chi connectivity index (χ1v) is 6.32. The summed E-state index contributed by atoms with van der Waals surface area (Å²) < 4.78 is 0. The molecule has 1 aliphatic rings. The Morgan fingerprint density at radius 2 is 2.11 bits per heavy atom. The average Bonchev–Trinajstić information content (AvgIpc) is 2.48. The van der Waals surface area contributed by atoms with Crippen molar-refractivity contribution in [2.24, 2.45) is 5.92 Å². The Balaban J connectivity index is 2.41. The summed E-state index contributed by atoms with van der Waals surface area (Å²) in [5.41, 5.74) is 0.800. The van der Waals surface area contributed by atoms with Gasteiger partial charge in [0.2, 0.25) is 5.91 Å². The first kappa shape index (κ1) is 12.9. The van der Waals surface area contributed by atoms with Crippen LogP contribution in [0.1, 0.15) is 30.6 Å². The van der Waals surface area contributed by atoms with Gasteiger partial charge in [0, 0.05) is 0 Å². The minimum Gasteiger partial charge on any atom is -0.340 e. The van der Waals surface area contributed by atoms with Crippen LogP contribution >= 0.6 is 11.6 Å². The zero-order valence-corrected chi connectivity index (χ0v) is 11.0. The van der Waals surface area contributed by atoms with Gasteiger partial charge in [0.25, 0.3) is 5.91 Å². The molecule has 1 aromatic carbocycles. The highest BCUT2D eigenvalue weighted by Gasteiger charge is 2.31. The molecule has 2 N–H and O–H groups in total. The van der Waals surface area contributed by atoms with Crippen molar-refractivity contribution in [3.05, 3.63) is 28.8 Å². The van der Waals surface area contributed by atoms with Gasteiger partial charge >= 0.3 is 0 Å². The van der Waals surface area contributed by atoms with Gasteiger partial charge in [-0.05, 0) is 18.1 Å². The number of nitrogens with one attached hydrogen (secondary N) is 2. The zero-order chi connectivity index (χ0) is 13.3. The summed E-state index contributed by atoms with van der Waals surface area (Å²) in [6, 6.07) is 4.47. The SMILES string of the molecule is CCC(C)C1NC(=O)c2cccc(Cl)c2NC1=O. The van der Waals surface area contributed by atoms with Crippen LogP contribution in [0.4, 0.5) is 5.69 Å². The third-order valence-electron chi connectivity index (χ3n) is 3.29. The molecule has 0 spiro atoms. The van der Waals surface area contributed by atoms with Crippen LogP contribution in [0.3, 0.4) is 0 Å². The normalized spacial score (nSPS) is 20.5. The van der Waals surface area contributed by atoms with Crippen LogP contribution in [0.25, 0.3) is 0 Å². The standard InChI is InChI=1S/C13H15ClN2O2/c1-3-7(2)10-13(18)16-11-8(12(17)15-10)5-4-6-9(11)14/h4-7,10H,3H2,1-2H3,(H,15,17)(H,16,18). The van der Waals surface area contributed by atoms with E-state index in [0.29, 0.717) is 16.3 Å². The summed E-state index contributed by atoms with van der Waals surface area (Å²) in [5.74, 6) is -0.414. The number of para-hydroxylation sites is 1. The summed E-state index contributed by atoms with van der Waals surface area (Å²) in [6.45, 7) is 3.91. The molecule has 2 unspecified atom stereocenters. The Morgan fingerprint density at radius 3 is 2.78 bits per heavy atom. The van der Waals surface area contributed by atoms with Crippen LogP contribution in [-0.2, 0) is 4.79 Å². The lowest BCUT2D eigenvalue weighted by Gasteiger charge is -2.20. The Labute approximate surface area is 111 Å². The van der Waals surface area contributed by atoms with E-state index in [1.54, 1.807) is 18.2 Å². The Bertz CT molecular complexity index is 502. The Morgan fingerprint density at radius 1 is 1.39 bits per heavy atom. The first-order chi connectivity index (χ1) is 8.54. The van der Waals surface area contributed by atoms with Gasteiger partial charge in [0.1, 0.15) is 6.04 Å². The molecule has 1 heterocycles. The van der Waals surface area contributed by atoms with Gasteiger partial charge in [0.15, 0.2) is 0 Å². The van der Waals surface area contributed by atoms with Crippen LogP contribution in [0.2, 0.25) is 5.02 Å². The van der Waals surface area contributed by atoms with Crippen molar-refractivity contribution in [1.82, 2.24) is 5.32 Å². The van der Waals surface area contributed by atoms with E-state index in [1.807, 2.05) is 13.8 Å². The predicted molar refractivity (Wildman–Crippen MR) is 70.8 cm³/mol. The molecular formula is C13H15ClN2O2. The van der Waals surface area contributed by atoms with Gasteiger partial charge < -0.3 is 10.6 Å². The van der Waals surface area contributed by atoms with Crippen molar-refractivity contribution in [2.75, 3.05) is 5.32 Å². The molecule has 2 rings (SSSR count). The van der Waals surface area contributed by atoms with Crippen molar-refractivity contribution in [3.63, 3.8) is 0 Å². The van der Waals surface area contributed by atoms with Gasteiger partial charge in [0.05, 0.1) is 16.3 Å². The molecule has 4 nitrogen and oxygen atoms in total. The van der Waals surface area contributed by atoms with E-state index < -0.39 is 6.04 Å². The molecule has 2 atom stereocenters. The fraction of sp³-hybridized carbons (Fsp3) is 0.385. The molecule has 0 aromatic heterocycles. The van der Waals surface area contributed by atoms with E-state index in [0.717, 1.165) is 6.42 Å². The summed E-state index contributed by atoms with van der Waals surface area (Å²) in [4.78, 5) is 24.2. The monoisotopic (exact) mass is 266 g/mol. The number of benzene rings is 1. The van der Waals surface area contributed by atoms with Crippen LogP contribution < -0.4 is 10.6 Å². The van der Waals surface area contributed by atoms with Crippen LogP contribution in [-0.4, -0.2) is 17.9 Å². The fourth-order valence-electron chi connectivity index (χ4n) is 1.96. The molecule has 0 aliphatic carbocycles. The number of anilines is 1. The maximum Gasteiger partial charge on any atom is 0.254 e. The van der Waals surface area contributed by atoms with Gasteiger partial charge in [-0.15, -0.1) is 0 Å². The van der Waals surface area contributed by atoms with Gasteiger partial charge in [-0.25, -0.2) is 0 Å². The number of amides is 2. The van der Waals surface area contributed by atoms with E-state index >= 15 is 0 Å². The molecule has 18 heavy (non-hydrogen) atoms. The van der Waals surface area contributed by atoms with Gasteiger partial charge in [-0.1, -0.05) is 37.9 Å². The molecule has 1 aliphatic heterocycles. The van der Waals surface area contributed by atoms with E-state index in [4.69, 9.17) is 11.6 Å². The summed E-state index contributed by atoms with van der Waals surface area (Å²) in [7, 11) is 0. The number of carbonyl (C=O) groups excluding carboxylic acids is 2. The van der Waals surface area contributed by atoms with E-state index in [2.05, 4.69) is 10.6 Å². The second kappa shape index (κ2) is 4.98. The van der Waals surface area contributed by atoms with Crippen molar-refractivity contribution < 1.29 is 9.59 Å². The Kier molecular flexibility index (Phi) is 3.57. The van der Waals surface area contributed by atoms with Gasteiger partial charge in [-0.3, -0.25) is 9.59 Å². The molecule has 96 valence electrons. The quantitative estimate of drug-likeness (QED) is 0.864. The average molecular weight is 267 g/mol. The first-order valence-electron chi connectivity index (χ1n) is 5.94. The molecule has 5 heteroatoms. The number of halogens is 1. The van der Waals surface area contributed by atoms with Crippen molar-refractivity contribution in [3.8, 4) is 0 Å². The maximum absolute atomic E-state index is 12.1. The van der Waals surface area contributed by atoms with Crippen molar-refractivity contribution >= 4 is 29.1 Å². The van der Waals surface area contributed by atoms with Gasteiger partial charge in [-0.2, -0.15) is 0 Å². The smallest absolute Gasteiger partial charge is 0.254 e. The largest absolute Gasteiger partial charge is 0.340 e. The molecule has 1 aromatic rings. The molecule has 2 amide bonds. The number of fused-ring (bicyclic) bond motifs is 1. The number of carbonyl (C=O) groups is 2. The molecule has 0 bridgehead atoms. The summed E-state index contributed by atoms with van der Waals surface area (Å²) >= 11 is 6.01. The summed E-state index contributed by atoms with van der Waals surface area (Å²) in [6.07, 6.45) is 0.808. The minimum absolute atomic E-state index is 0.0713. The van der Waals surface area contributed by atoms with Crippen molar-refractivity contribution in [1.29, 1.82) is 0 Å². The lowest BCUT2D eigenvalue weighted by molar-refractivity contribution is -0.119. The number of hydrogen-bond acceptors (Lipinski definition) is 2. The van der Waals surface area contributed by atoms with Crippen LogP contribution in [0.5, 0.6) is 0 Å². The predicted octanol–water partition coefficient (Wildman–Crippen LogP) is 2.44. The number of rotatable bonds is 2. The van der Waals surface area contributed by atoms with E-state index in [1.165, 1.54) is 0 Å². The highest BCUT2D eigenvalue weighted by atomic mass is 35.5. The molecular weight excluding hydrogens is 252 g/mol.